The van der Waals surface area contributed by atoms with Crippen molar-refractivity contribution in [3.8, 4) is 11.4 Å². The molecule has 0 atom stereocenters. The Morgan fingerprint density at radius 3 is 2.52 bits per heavy atom. The van der Waals surface area contributed by atoms with E-state index in [0.29, 0.717) is 28.8 Å². The first-order valence-corrected chi connectivity index (χ1v) is 11.0. The van der Waals surface area contributed by atoms with Crippen LogP contribution < -0.4 is 15.1 Å². The minimum absolute atomic E-state index is 0.279. The van der Waals surface area contributed by atoms with Crippen molar-refractivity contribution in [2.75, 3.05) is 35.3 Å². The second-order valence-corrected chi connectivity index (χ2v) is 8.41. The second-order valence-electron chi connectivity index (χ2n) is 8.41. The lowest BCUT2D eigenvalue weighted by atomic mass is 10.1. The van der Waals surface area contributed by atoms with Gasteiger partial charge in [0.15, 0.2) is 5.82 Å². The molecule has 0 unspecified atom stereocenters. The fraction of sp³-hybridized carbons (Fsp3) is 0.320. The summed E-state index contributed by atoms with van der Waals surface area (Å²) in [7, 11) is 2.03. The van der Waals surface area contributed by atoms with Crippen LogP contribution in [-0.2, 0) is 5.92 Å². The van der Waals surface area contributed by atoms with Crippen molar-refractivity contribution in [1.29, 1.82) is 0 Å². The summed E-state index contributed by atoms with van der Waals surface area (Å²) < 4.78 is 27.7. The molecule has 3 aromatic heterocycles. The molecule has 33 heavy (non-hydrogen) atoms. The number of fused-ring (bicyclic) bond motifs is 1. The fourth-order valence-corrected chi connectivity index (χ4v) is 3.77. The summed E-state index contributed by atoms with van der Waals surface area (Å²) >= 11 is 0. The van der Waals surface area contributed by atoms with E-state index in [1.54, 1.807) is 18.3 Å². The summed E-state index contributed by atoms with van der Waals surface area (Å²) in [5, 5.41) is 3.28. The molecule has 0 radical (unpaired) electrons. The van der Waals surface area contributed by atoms with Crippen LogP contribution in [0, 0.1) is 6.92 Å². The molecule has 0 aromatic carbocycles. The molecule has 4 heterocycles. The highest BCUT2D eigenvalue weighted by atomic mass is 19.3. The summed E-state index contributed by atoms with van der Waals surface area (Å²) in [6.07, 6.45) is 3.77. The molecule has 0 bridgehead atoms. The van der Waals surface area contributed by atoms with Gasteiger partial charge in [-0.1, -0.05) is 18.7 Å². The Morgan fingerprint density at radius 1 is 1.03 bits per heavy atom. The van der Waals surface area contributed by atoms with Crippen LogP contribution in [0.2, 0.25) is 0 Å². The molecule has 3 aromatic rings. The molecule has 1 aliphatic heterocycles. The van der Waals surface area contributed by atoms with E-state index in [2.05, 4.69) is 26.8 Å². The number of alkyl halides is 2. The summed E-state index contributed by atoms with van der Waals surface area (Å²) in [5.74, 6) is -0.979. The van der Waals surface area contributed by atoms with Gasteiger partial charge >= 0.3 is 0 Å². The highest BCUT2D eigenvalue weighted by Gasteiger charge is 2.27. The highest BCUT2D eigenvalue weighted by Crippen LogP contribution is 2.34. The standard InChI is InChI=1S/C25H28F2N6/c1-17-10-13-23(28-16-17)29-18(2)33-15-6-5-14-32(4)21-12-11-20(31-24(21)33)19-8-7-9-22(30-19)25(3,26)27/h7-13,16H,2,5-6,14-15H2,1,3-4H3,(H,28,29). The average molecular weight is 451 g/mol. The fourth-order valence-electron chi connectivity index (χ4n) is 3.77. The van der Waals surface area contributed by atoms with Crippen LogP contribution >= 0.6 is 0 Å². The number of aromatic nitrogens is 3. The number of hydrogen-bond donors (Lipinski definition) is 1. The topological polar surface area (TPSA) is 57.2 Å². The first-order chi connectivity index (χ1) is 15.7. The molecule has 8 heteroatoms. The maximum Gasteiger partial charge on any atom is 0.286 e. The third-order valence-corrected chi connectivity index (χ3v) is 5.62. The smallest absolute Gasteiger partial charge is 0.286 e. The third-order valence-electron chi connectivity index (χ3n) is 5.62. The van der Waals surface area contributed by atoms with Crippen LogP contribution in [0.15, 0.2) is 61.1 Å². The molecule has 172 valence electrons. The number of halogens is 2. The Bertz CT molecular complexity index is 1140. The number of hydrogen-bond acceptors (Lipinski definition) is 6. The Kier molecular flexibility index (Phi) is 6.26. The van der Waals surface area contributed by atoms with Gasteiger partial charge in [-0.15, -0.1) is 0 Å². The zero-order valence-electron chi connectivity index (χ0n) is 19.1. The van der Waals surface area contributed by atoms with Crippen LogP contribution in [0.25, 0.3) is 11.4 Å². The monoisotopic (exact) mass is 450 g/mol. The van der Waals surface area contributed by atoms with Crippen molar-refractivity contribution >= 4 is 17.3 Å². The lowest BCUT2D eigenvalue weighted by Gasteiger charge is -2.33. The number of nitrogens with zero attached hydrogens (tertiary/aromatic N) is 5. The number of nitrogens with one attached hydrogen (secondary N) is 1. The van der Waals surface area contributed by atoms with E-state index < -0.39 is 5.92 Å². The van der Waals surface area contributed by atoms with Crippen LogP contribution in [0.3, 0.4) is 0 Å². The average Bonchev–Trinajstić information content (AvgIpc) is 2.78. The number of aryl methyl sites for hydroxylation is 1. The van der Waals surface area contributed by atoms with Gasteiger partial charge in [-0.05, 0) is 55.7 Å². The van der Waals surface area contributed by atoms with Crippen molar-refractivity contribution in [2.24, 2.45) is 0 Å². The molecule has 0 fully saturated rings. The Balaban J connectivity index is 1.73. The molecule has 4 rings (SSSR count). The Hall–Kier alpha value is -3.55. The number of pyridine rings is 3. The van der Waals surface area contributed by atoms with Gasteiger partial charge < -0.3 is 15.1 Å². The number of rotatable bonds is 5. The van der Waals surface area contributed by atoms with E-state index in [9.17, 15) is 8.78 Å². The zero-order valence-corrected chi connectivity index (χ0v) is 19.1. The van der Waals surface area contributed by atoms with E-state index in [4.69, 9.17) is 4.98 Å². The van der Waals surface area contributed by atoms with Gasteiger partial charge in [0.25, 0.3) is 5.92 Å². The van der Waals surface area contributed by atoms with Crippen molar-refractivity contribution in [3.05, 3.63) is 72.3 Å². The quantitative estimate of drug-likeness (QED) is 0.548. The maximum absolute atomic E-state index is 13.8. The van der Waals surface area contributed by atoms with Crippen LogP contribution in [0.5, 0.6) is 0 Å². The van der Waals surface area contributed by atoms with E-state index in [1.165, 1.54) is 6.07 Å². The Morgan fingerprint density at radius 2 is 1.79 bits per heavy atom. The van der Waals surface area contributed by atoms with Gasteiger partial charge in [0, 0.05) is 33.3 Å². The molecule has 0 aliphatic carbocycles. The molecule has 0 amide bonds. The summed E-state index contributed by atoms with van der Waals surface area (Å²) in [6.45, 7) is 8.69. The van der Waals surface area contributed by atoms with Crippen molar-refractivity contribution in [2.45, 2.75) is 32.6 Å². The molecule has 0 saturated carbocycles. The first-order valence-electron chi connectivity index (χ1n) is 11.0. The predicted molar refractivity (Wildman–Crippen MR) is 129 cm³/mol. The minimum Gasteiger partial charge on any atom is -0.372 e. The summed E-state index contributed by atoms with van der Waals surface area (Å²) in [6, 6.07) is 12.3. The lowest BCUT2D eigenvalue weighted by molar-refractivity contribution is 0.0129. The summed E-state index contributed by atoms with van der Waals surface area (Å²) in [4.78, 5) is 17.6. The second kappa shape index (κ2) is 9.13. The highest BCUT2D eigenvalue weighted by molar-refractivity contribution is 5.74. The largest absolute Gasteiger partial charge is 0.372 e. The lowest BCUT2D eigenvalue weighted by Crippen LogP contribution is -2.33. The van der Waals surface area contributed by atoms with Gasteiger partial charge in [-0.2, -0.15) is 8.78 Å². The van der Waals surface area contributed by atoms with Gasteiger partial charge in [0.1, 0.15) is 17.3 Å². The summed E-state index contributed by atoms with van der Waals surface area (Å²) in [5.41, 5.74) is 2.66. The van der Waals surface area contributed by atoms with Crippen molar-refractivity contribution < 1.29 is 8.78 Å². The SMILES string of the molecule is C=C(Nc1ccc(C)cn1)N1CCCCN(C)c2ccc(-c3cccc(C(C)(F)F)n3)nc21. The maximum atomic E-state index is 13.8. The van der Waals surface area contributed by atoms with Gasteiger partial charge in [-0.3, -0.25) is 0 Å². The number of anilines is 3. The molecule has 1 N–H and O–H groups in total. The van der Waals surface area contributed by atoms with Crippen LogP contribution in [0.4, 0.5) is 26.1 Å². The van der Waals surface area contributed by atoms with Gasteiger partial charge in [0.05, 0.1) is 17.1 Å². The van der Waals surface area contributed by atoms with Gasteiger partial charge in [-0.25, -0.2) is 15.0 Å². The van der Waals surface area contributed by atoms with Crippen molar-refractivity contribution in [3.63, 3.8) is 0 Å². The third kappa shape index (κ3) is 5.10. The molecular weight excluding hydrogens is 422 g/mol. The van der Waals surface area contributed by atoms with E-state index in [1.807, 2.05) is 43.1 Å². The zero-order chi connectivity index (χ0) is 23.6. The van der Waals surface area contributed by atoms with Crippen LogP contribution in [0.1, 0.15) is 31.0 Å². The van der Waals surface area contributed by atoms with Crippen molar-refractivity contribution in [1.82, 2.24) is 15.0 Å². The normalized spacial score (nSPS) is 14.3. The molecular formula is C25H28F2N6. The van der Waals surface area contributed by atoms with E-state index in [0.717, 1.165) is 44.1 Å². The predicted octanol–water partition coefficient (Wildman–Crippen LogP) is 5.58. The van der Waals surface area contributed by atoms with Crippen LogP contribution in [-0.4, -0.2) is 35.1 Å². The first kappa shape index (κ1) is 22.6. The molecule has 0 saturated heterocycles. The molecule has 1 aliphatic rings. The minimum atomic E-state index is -3.02. The molecule has 0 spiro atoms. The van der Waals surface area contributed by atoms with Gasteiger partial charge in [0.2, 0.25) is 0 Å². The van der Waals surface area contributed by atoms with E-state index in [-0.39, 0.29) is 5.69 Å². The Labute approximate surface area is 193 Å². The van der Waals surface area contributed by atoms with E-state index >= 15 is 0 Å². The molecule has 6 nitrogen and oxygen atoms in total.